The Morgan fingerprint density at radius 2 is 1.96 bits per heavy atom. The molecule has 0 saturated heterocycles. The topological polar surface area (TPSA) is 98.4 Å². The van der Waals surface area contributed by atoms with Gasteiger partial charge in [0.1, 0.15) is 0 Å². The minimum atomic E-state index is -0.977. The zero-order chi connectivity index (χ0) is 18.7. The van der Waals surface area contributed by atoms with Crippen LogP contribution in [0.1, 0.15) is 49.7 Å². The van der Waals surface area contributed by atoms with Gasteiger partial charge in [-0.2, -0.15) is 0 Å². The number of nitrogens with zero attached hydrogens (tertiary/aromatic N) is 1. The number of H-pyrrole nitrogens is 1. The summed E-state index contributed by atoms with van der Waals surface area (Å²) in [4.78, 5) is 43.4. The molecule has 0 spiro atoms. The molecule has 0 aromatic carbocycles. The van der Waals surface area contributed by atoms with Gasteiger partial charge in [0, 0.05) is 11.1 Å². The molecule has 7 nitrogen and oxygen atoms in total. The number of nitrogens with one attached hydrogen (secondary N) is 1. The lowest BCUT2D eigenvalue weighted by molar-refractivity contribution is -0.145. The summed E-state index contributed by atoms with van der Waals surface area (Å²) in [7, 11) is 1.28. The van der Waals surface area contributed by atoms with Crippen LogP contribution in [0.15, 0.2) is 5.38 Å². The Balaban J connectivity index is 2.09. The van der Waals surface area contributed by atoms with Gasteiger partial charge < -0.3 is 14.5 Å². The Hall–Kier alpha value is -2.48. The first-order valence-corrected chi connectivity index (χ1v) is 8.54. The van der Waals surface area contributed by atoms with E-state index in [1.807, 2.05) is 6.92 Å². The van der Waals surface area contributed by atoms with Crippen LogP contribution in [-0.2, 0) is 20.7 Å². The van der Waals surface area contributed by atoms with Crippen LogP contribution in [0, 0.1) is 20.8 Å². The van der Waals surface area contributed by atoms with E-state index in [0.29, 0.717) is 22.5 Å². The Labute approximate surface area is 149 Å². The van der Waals surface area contributed by atoms with Gasteiger partial charge in [0.25, 0.3) is 0 Å². The van der Waals surface area contributed by atoms with Gasteiger partial charge in [-0.25, -0.2) is 9.78 Å². The highest BCUT2D eigenvalue weighted by Gasteiger charge is 2.27. The van der Waals surface area contributed by atoms with Gasteiger partial charge in [-0.1, -0.05) is 0 Å². The second kappa shape index (κ2) is 7.60. The summed E-state index contributed by atoms with van der Waals surface area (Å²) in [6.07, 6.45) is -0.965. The van der Waals surface area contributed by atoms with Crippen molar-refractivity contribution in [3.8, 4) is 0 Å². The molecule has 25 heavy (non-hydrogen) atoms. The Morgan fingerprint density at radius 3 is 2.52 bits per heavy atom. The largest absolute Gasteiger partial charge is 0.465 e. The molecule has 8 heteroatoms. The van der Waals surface area contributed by atoms with Crippen molar-refractivity contribution in [3.05, 3.63) is 38.6 Å². The Kier molecular flexibility index (Phi) is 5.73. The van der Waals surface area contributed by atoms with Crippen LogP contribution in [0.2, 0.25) is 0 Å². The summed E-state index contributed by atoms with van der Waals surface area (Å²) >= 11 is 1.44. The predicted molar refractivity (Wildman–Crippen MR) is 92.0 cm³/mol. The number of carbonyl (C=O) groups excluding carboxylic acids is 3. The molecule has 2 aromatic rings. The summed E-state index contributed by atoms with van der Waals surface area (Å²) in [5.41, 5.74) is 2.19. The van der Waals surface area contributed by atoms with E-state index in [4.69, 9.17) is 9.47 Å². The fourth-order valence-electron chi connectivity index (χ4n) is 2.54. The van der Waals surface area contributed by atoms with Gasteiger partial charge in [-0.05, 0) is 33.3 Å². The number of Topliss-reactive ketones (excluding diaryl/α,β-unsaturated/α-hetero) is 1. The lowest BCUT2D eigenvalue weighted by Crippen LogP contribution is -2.26. The smallest absolute Gasteiger partial charge is 0.339 e. The number of aromatic nitrogens is 2. The van der Waals surface area contributed by atoms with Crippen LogP contribution >= 0.6 is 11.3 Å². The normalized spacial score (nSPS) is 11.9. The predicted octanol–water partition coefficient (Wildman–Crippen LogP) is 2.54. The van der Waals surface area contributed by atoms with E-state index in [-0.39, 0.29) is 12.1 Å². The average molecular weight is 364 g/mol. The van der Waals surface area contributed by atoms with Crippen molar-refractivity contribution in [2.45, 2.75) is 40.2 Å². The number of methoxy groups -OCH3 is 1. The first-order valence-electron chi connectivity index (χ1n) is 7.66. The highest BCUT2D eigenvalue weighted by atomic mass is 32.1. The van der Waals surface area contributed by atoms with Crippen LogP contribution in [0.3, 0.4) is 0 Å². The van der Waals surface area contributed by atoms with E-state index >= 15 is 0 Å². The van der Waals surface area contributed by atoms with Crippen molar-refractivity contribution in [1.29, 1.82) is 0 Å². The van der Waals surface area contributed by atoms with Crippen LogP contribution in [0.4, 0.5) is 0 Å². The molecular weight excluding hydrogens is 344 g/mol. The number of aryl methyl sites for hydroxylation is 2. The van der Waals surface area contributed by atoms with Crippen LogP contribution < -0.4 is 0 Å². The lowest BCUT2D eigenvalue weighted by Gasteiger charge is -2.11. The van der Waals surface area contributed by atoms with Crippen molar-refractivity contribution in [3.63, 3.8) is 0 Å². The molecule has 2 aromatic heterocycles. The van der Waals surface area contributed by atoms with Gasteiger partial charge in [0.15, 0.2) is 6.10 Å². The van der Waals surface area contributed by atoms with Gasteiger partial charge >= 0.3 is 11.9 Å². The number of ketones is 1. The number of ether oxygens (including phenoxy) is 2. The van der Waals surface area contributed by atoms with E-state index in [9.17, 15) is 14.4 Å². The third-order valence-corrected chi connectivity index (χ3v) is 4.57. The fourth-order valence-corrected chi connectivity index (χ4v) is 3.15. The van der Waals surface area contributed by atoms with E-state index in [1.165, 1.54) is 25.4 Å². The summed E-state index contributed by atoms with van der Waals surface area (Å²) in [5.74, 6) is -1.45. The third-order valence-electron chi connectivity index (χ3n) is 3.74. The summed E-state index contributed by atoms with van der Waals surface area (Å²) in [6, 6.07) is 0. The molecule has 0 fully saturated rings. The van der Waals surface area contributed by atoms with Crippen molar-refractivity contribution < 1.29 is 23.9 Å². The number of esters is 2. The molecule has 134 valence electrons. The van der Waals surface area contributed by atoms with E-state index in [1.54, 1.807) is 19.2 Å². The lowest BCUT2D eigenvalue weighted by atomic mass is 10.1. The molecule has 0 radical (unpaired) electrons. The van der Waals surface area contributed by atoms with Crippen LogP contribution in [0.5, 0.6) is 0 Å². The van der Waals surface area contributed by atoms with E-state index in [2.05, 4.69) is 9.97 Å². The van der Waals surface area contributed by atoms with Crippen molar-refractivity contribution in [1.82, 2.24) is 9.97 Å². The fraction of sp³-hybridized carbons (Fsp3) is 0.412. The minimum absolute atomic E-state index is 0.0120. The maximum absolute atomic E-state index is 12.6. The zero-order valence-corrected chi connectivity index (χ0v) is 15.6. The highest BCUT2D eigenvalue weighted by molar-refractivity contribution is 7.09. The molecule has 2 rings (SSSR count). The second-order valence-electron chi connectivity index (χ2n) is 5.65. The molecule has 0 aliphatic heterocycles. The molecule has 0 unspecified atom stereocenters. The SMILES string of the molecule is COC(=O)c1c(C)[nH]c(C(=O)[C@@H](C)OC(=O)Cc2csc(C)n2)c1C. The number of thiazole rings is 1. The molecule has 0 aliphatic rings. The first-order chi connectivity index (χ1) is 11.7. The molecule has 1 N–H and O–H groups in total. The quantitative estimate of drug-likeness (QED) is 0.625. The van der Waals surface area contributed by atoms with Crippen LogP contribution in [0.25, 0.3) is 0 Å². The number of hydrogen-bond donors (Lipinski definition) is 1. The summed E-state index contributed by atoms with van der Waals surface area (Å²) in [5, 5.41) is 2.64. The standard InChI is InChI=1S/C17H20N2O5S/c1-8-14(17(22)23-5)9(2)18-15(8)16(21)10(3)24-13(20)6-12-7-25-11(4)19-12/h7,10,18H,6H2,1-5H3/t10-/m1/s1. The molecule has 2 heterocycles. The average Bonchev–Trinajstić information content (AvgIpc) is 3.08. The molecule has 0 aliphatic carbocycles. The van der Waals surface area contributed by atoms with Crippen LogP contribution in [-0.4, -0.2) is 40.9 Å². The summed E-state index contributed by atoms with van der Waals surface area (Å²) < 4.78 is 9.93. The van der Waals surface area contributed by atoms with Crippen molar-refractivity contribution >= 4 is 29.1 Å². The molecule has 0 bridgehead atoms. The number of aromatic amines is 1. The number of carbonyl (C=O) groups is 3. The van der Waals surface area contributed by atoms with E-state index in [0.717, 1.165) is 5.01 Å². The van der Waals surface area contributed by atoms with Gasteiger partial charge in [0.2, 0.25) is 5.78 Å². The number of hydrogen-bond acceptors (Lipinski definition) is 7. The molecule has 0 saturated carbocycles. The third kappa shape index (κ3) is 4.14. The first kappa shape index (κ1) is 18.9. The highest BCUT2D eigenvalue weighted by Crippen LogP contribution is 2.21. The van der Waals surface area contributed by atoms with Crippen molar-refractivity contribution in [2.24, 2.45) is 0 Å². The second-order valence-corrected chi connectivity index (χ2v) is 6.71. The van der Waals surface area contributed by atoms with Crippen molar-refractivity contribution in [2.75, 3.05) is 7.11 Å². The molecule has 1 atom stereocenters. The number of rotatable bonds is 6. The molecule has 0 amide bonds. The molecular formula is C17H20N2O5S. The minimum Gasteiger partial charge on any atom is -0.465 e. The Bertz CT molecular complexity index is 821. The van der Waals surface area contributed by atoms with E-state index < -0.39 is 23.8 Å². The Morgan fingerprint density at radius 1 is 1.28 bits per heavy atom. The maximum atomic E-state index is 12.6. The van der Waals surface area contributed by atoms with Gasteiger partial charge in [0.05, 0.1) is 35.5 Å². The van der Waals surface area contributed by atoms with Gasteiger partial charge in [-0.3, -0.25) is 9.59 Å². The zero-order valence-electron chi connectivity index (χ0n) is 14.8. The van der Waals surface area contributed by atoms with Gasteiger partial charge in [-0.15, -0.1) is 11.3 Å². The summed E-state index contributed by atoms with van der Waals surface area (Å²) in [6.45, 7) is 6.67. The monoisotopic (exact) mass is 364 g/mol. The maximum Gasteiger partial charge on any atom is 0.339 e.